The van der Waals surface area contributed by atoms with E-state index < -0.39 is 6.10 Å². The summed E-state index contributed by atoms with van der Waals surface area (Å²) < 4.78 is 11.3. The zero-order valence-electron chi connectivity index (χ0n) is 13.9. The van der Waals surface area contributed by atoms with E-state index in [1.807, 2.05) is 13.8 Å². The first kappa shape index (κ1) is 18.6. The smallest absolute Gasteiger partial charge is 0.310 e. The quantitative estimate of drug-likeness (QED) is 0.697. The second kappa shape index (κ2) is 8.90. The molecule has 6 heteroatoms. The summed E-state index contributed by atoms with van der Waals surface area (Å²) in [6, 6.07) is -0.671. The zero-order valence-corrected chi connectivity index (χ0v) is 13.9. The molecular weight excluding hydrogens is 284 g/mol. The SMILES string of the molecule is CCC(=O)OC1=C[C@@H](OC(CC)CC)[C@H](NC(C)=O)[C@@H](N)C1. The van der Waals surface area contributed by atoms with Crippen LogP contribution in [0.5, 0.6) is 0 Å². The molecule has 0 saturated carbocycles. The molecule has 126 valence electrons. The minimum absolute atomic E-state index is 0.0749. The molecule has 0 spiro atoms. The van der Waals surface area contributed by atoms with Gasteiger partial charge in [0.15, 0.2) is 0 Å². The lowest BCUT2D eigenvalue weighted by atomic mass is 9.92. The molecule has 0 bridgehead atoms. The van der Waals surface area contributed by atoms with E-state index in [0.29, 0.717) is 18.6 Å². The fourth-order valence-electron chi connectivity index (χ4n) is 2.50. The van der Waals surface area contributed by atoms with Crippen LogP contribution in [0.15, 0.2) is 11.8 Å². The van der Waals surface area contributed by atoms with Gasteiger partial charge in [0.2, 0.25) is 5.91 Å². The lowest BCUT2D eigenvalue weighted by molar-refractivity contribution is -0.140. The van der Waals surface area contributed by atoms with Crippen molar-refractivity contribution < 1.29 is 19.1 Å². The highest BCUT2D eigenvalue weighted by atomic mass is 16.5. The number of nitrogens with two attached hydrogens (primary N) is 1. The summed E-state index contributed by atoms with van der Waals surface area (Å²) in [7, 11) is 0. The van der Waals surface area contributed by atoms with E-state index in [1.54, 1.807) is 13.0 Å². The first-order chi connectivity index (χ1) is 10.4. The highest BCUT2D eigenvalue weighted by molar-refractivity contribution is 5.73. The minimum Gasteiger partial charge on any atom is -0.431 e. The van der Waals surface area contributed by atoms with E-state index in [2.05, 4.69) is 5.32 Å². The second-order valence-corrected chi connectivity index (χ2v) is 5.59. The Hall–Kier alpha value is -1.40. The fraction of sp³-hybridized carbons (Fsp3) is 0.750. The highest BCUT2D eigenvalue weighted by Crippen LogP contribution is 2.24. The lowest BCUT2D eigenvalue weighted by Crippen LogP contribution is -2.56. The van der Waals surface area contributed by atoms with Crippen LogP contribution in [0.2, 0.25) is 0 Å². The summed E-state index contributed by atoms with van der Waals surface area (Å²) in [5.41, 5.74) is 6.16. The summed E-state index contributed by atoms with van der Waals surface area (Å²) in [4.78, 5) is 22.9. The first-order valence-corrected chi connectivity index (χ1v) is 8.00. The van der Waals surface area contributed by atoms with E-state index >= 15 is 0 Å². The first-order valence-electron chi connectivity index (χ1n) is 8.00. The number of carbonyl (C=O) groups is 2. The van der Waals surface area contributed by atoms with Crippen molar-refractivity contribution in [3.05, 3.63) is 11.8 Å². The second-order valence-electron chi connectivity index (χ2n) is 5.59. The van der Waals surface area contributed by atoms with Crippen LogP contribution in [-0.4, -0.2) is 36.2 Å². The van der Waals surface area contributed by atoms with Crippen LogP contribution in [0, 0.1) is 0 Å². The number of esters is 1. The Bertz CT molecular complexity index is 418. The molecule has 0 fully saturated rings. The topological polar surface area (TPSA) is 90.6 Å². The number of rotatable bonds is 7. The van der Waals surface area contributed by atoms with Crippen molar-refractivity contribution in [3.8, 4) is 0 Å². The van der Waals surface area contributed by atoms with Crippen molar-refractivity contribution in [1.29, 1.82) is 0 Å². The molecule has 1 aliphatic carbocycles. The molecule has 1 aliphatic rings. The number of carbonyl (C=O) groups excluding carboxylic acids is 2. The van der Waals surface area contributed by atoms with Gasteiger partial charge in [0.25, 0.3) is 0 Å². The molecule has 0 aliphatic heterocycles. The largest absolute Gasteiger partial charge is 0.431 e. The number of amides is 1. The molecule has 0 saturated heterocycles. The van der Waals surface area contributed by atoms with Gasteiger partial charge in [-0.1, -0.05) is 20.8 Å². The van der Waals surface area contributed by atoms with E-state index in [-0.39, 0.29) is 30.1 Å². The molecule has 0 heterocycles. The molecule has 0 radical (unpaired) electrons. The Kier molecular flexibility index (Phi) is 7.55. The molecular formula is C16H28N2O4. The Morgan fingerprint density at radius 3 is 2.50 bits per heavy atom. The maximum atomic E-state index is 11.5. The zero-order chi connectivity index (χ0) is 16.7. The van der Waals surface area contributed by atoms with Gasteiger partial charge < -0.3 is 20.5 Å². The van der Waals surface area contributed by atoms with E-state index in [4.69, 9.17) is 15.2 Å². The third-order valence-corrected chi connectivity index (χ3v) is 3.77. The minimum atomic E-state index is -0.391. The number of ether oxygens (including phenoxy) is 2. The third-order valence-electron chi connectivity index (χ3n) is 3.77. The average molecular weight is 312 g/mol. The summed E-state index contributed by atoms with van der Waals surface area (Å²) in [5, 5.41) is 2.85. The third kappa shape index (κ3) is 5.42. The number of nitrogens with one attached hydrogen (secondary N) is 1. The Morgan fingerprint density at radius 2 is 2.00 bits per heavy atom. The fourth-order valence-corrected chi connectivity index (χ4v) is 2.50. The molecule has 0 aromatic carbocycles. The van der Waals surface area contributed by atoms with Crippen molar-refractivity contribution in [2.75, 3.05) is 0 Å². The summed E-state index contributed by atoms with van der Waals surface area (Å²) in [5.74, 6) is 0.0793. The van der Waals surface area contributed by atoms with Crippen LogP contribution >= 0.6 is 0 Å². The van der Waals surface area contributed by atoms with E-state index in [9.17, 15) is 9.59 Å². The average Bonchev–Trinajstić information content (AvgIpc) is 2.47. The number of hydrogen-bond donors (Lipinski definition) is 2. The van der Waals surface area contributed by atoms with Crippen molar-refractivity contribution in [2.45, 2.75) is 77.7 Å². The molecule has 1 rings (SSSR count). The summed E-state index contributed by atoms with van der Waals surface area (Å²) in [6.45, 7) is 7.29. The van der Waals surface area contributed by atoms with Crippen molar-refractivity contribution in [2.24, 2.45) is 5.73 Å². The van der Waals surface area contributed by atoms with Crippen molar-refractivity contribution in [3.63, 3.8) is 0 Å². The van der Waals surface area contributed by atoms with Crippen LogP contribution in [-0.2, 0) is 19.1 Å². The monoisotopic (exact) mass is 312 g/mol. The Morgan fingerprint density at radius 1 is 1.36 bits per heavy atom. The molecule has 0 aromatic rings. The van der Waals surface area contributed by atoms with E-state index in [0.717, 1.165) is 12.8 Å². The molecule has 1 amide bonds. The van der Waals surface area contributed by atoms with Crippen LogP contribution in [0.1, 0.15) is 53.4 Å². The molecule has 22 heavy (non-hydrogen) atoms. The predicted molar refractivity (Wildman–Crippen MR) is 83.9 cm³/mol. The van der Waals surface area contributed by atoms with Crippen LogP contribution < -0.4 is 11.1 Å². The number of hydrogen-bond acceptors (Lipinski definition) is 5. The highest BCUT2D eigenvalue weighted by Gasteiger charge is 2.34. The Balaban J connectivity index is 2.93. The van der Waals surface area contributed by atoms with E-state index in [1.165, 1.54) is 6.92 Å². The van der Waals surface area contributed by atoms with Gasteiger partial charge in [0, 0.05) is 25.8 Å². The molecule has 6 nitrogen and oxygen atoms in total. The van der Waals surface area contributed by atoms with Gasteiger partial charge in [-0.2, -0.15) is 0 Å². The van der Waals surface area contributed by atoms with Gasteiger partial charge in [0.1, 0.15) is 11.9 Å². The van der Waals surface area contributed by atoms with Crippen LogP contribution in [0.3, 0.4) is 0 Å². The molecule has 0 aromatic heterocycles. The lowest BCUT2D eigenvalue weighted by Gasteiger charge is -2.36. The molecule has 3 atom stereocenters. The normalized spacial score (nSPS) is 24.8. The molecule has 0 unspecified atom stereocenters. The van der Waals surface area contributed by atoms with Gasteiger partial charge in [-0.15, -0.1) is 0 Å². The maximum Gasteiger partial charge on any atom is 0.310 e. The molecule has 3 N–H and O–H groups in total. The standard InChI is InChI=1S/C16H28N2O4/c1-5-11(6-2)21-14-9-12(22-15(20)7-3)8-13(17)16(14)18-10(4)19/h9,11,13-14,16H,5-8,17H2,1-4H3,(H,18,19)/t13-,14+,16+/m0/s1. The van der Waals surface area contributed by atoms with Gasteiger partial charge in [-0.05, 0) is 18.9 Å². The Labute approximate surface area is 132 Å². The summed E-state index contributed by atoms with van der Waals surface area (Å²) in [6.07, 6.45) is 3.90. The van der Waals surface area contributed by atoms with Crippen LogP contribution in [0.4, 0.5) is 0 Å². The predicted octanol–water partition coefficient (Wildman–Crippen LogP) is 1.63. The van der Waals surface area contributed by atoms with Gasteiger partial charge >= 0.3 is 5.97 Å². The maximum absolute atomic E-state index is 11.5. The van der Waals surface area contributed by atoms with Crippen molar-refractivity contribution in [1.82, 2.24) is 5.32 Å². The van der Waals surface area contributed by atoms with Gasteiger partial charge in [-0.3, -0.25) is 9.59 Å². The van der Waals surface area contributed by atoms with Crippen molar-refractivity contribution >= 4 is 11.9 Å². The van der Waals surface area contributed by atoms with Gasteiger partial charge in [0.05, 0.1) is 12.1 Å². The summed E-state index contributed by atoms with van der Waals surface area (Å²) >= 11 is 0. The van der Waals surface area contributed by atoms with Crippen LogP contribution in [0.25, 0.3) is 0 Å². The van der Waals surface area contributed by atoms with Gasteiger partial charge in [-0.25, -0.2) is 0 Å².